The second-order valence-electron chi connectivity index (χ2n) is 6.37. The maximum atomic E-state index is 12.6. The molecule has 0 aliphatic carbocycles. The van der Waals surface area contributed by atoms with Gasteiger partial charge in [-0.1, -0.05) is 35.9 Å². The molecule has 1 aliphatic heterocycles. The summed E-state index contributed by atoms with van der Waals surface area (Å²) in [7, 11) is 0. The molecule has 1 heterocycles. The second kappa shape index (κ2) is 8.10. The molecule has 1 aliphatic rings. The molecular weight excluding hydrogens is 363 g/mol. The van der Waals surface area contributed by atoms with Gasteiger partial charge in [-0.05, 0) is 29.8 Å². The SMILES string of the molecule is FC(F)(F)c1ccc(/C=N\N2CC[NH+](Cc3ccc(Cl)cc3)CC2)cc1. The molecule has 0 unspecified atom stereocenters. The van der Waals surface area contributed by atoms with Crippen LogP contribution in [0.25, 0.3) is 0 Å². The van der Waals surface area contributed by atoms with Crippen LogP contribution in [0.3, 0.4) is 0 Å². The topological polar surface area (TPSA) is 20.0 Å². The first-order chi connectivity index (χ1) is 12.4. The molecule has 0 radical (unpaired) electrons. The quantitative estimate of drug-likeness (QED) is 0.806. The van der Waals surface area contributed by atoms with Crippen molar-refractivity contribution in [3.63, 3.8) is 0 Å². The van der Waals surface area contributed by atoms with Gasteiger partial charge in [0, 0.05) is 10.6 Å². The molecule has 138 valence electrons. The Kier molecular flexibility index (Phi) is 5.84. The van der Waals surface area contributed by atoms with Crippen molar-refractivity contribution in [3.05, 3.63) is 70.2 Å². The number of hydrogen-bond acceptors (Lipinski definition) is 2. The van der Waals surface area contributed by atoms with Crippen LogP contribution in [0.15, 0.2) is 53.6 Å². The lowest BCUT2D eigenvalue weighted by Crippen LogP contribution is -3.13. The maximum Gasteiger partial charge on any atom is 0.416 e. The molecular formula is C19H20ClF3N3+. The second-order valence-corrected chi connectivity index (χ2v) is 6.81. The van der Waals surface area contributed by atoms with E-state index in [1.807, 2.05) is 29.3 Å². The molecule has 1 fully saturated rings. The van der Waals surface area contributed by atoms with Gasteiger partial charge < -0.3 is 4.90 Å². The van der Waals surface area contributed by atoms with Gasteiger partial charge in [-0.25, -0.2) is 0 Å². The Hall–Kier alpha value is -2.05. The van der Waals surface area contributed by atoms with E-state index in [1.165, 1.54) is 22.6 Å². The number of hydrogen-bond donors (Lipinski definition) is 1. The lowest BCUT2D eigenvalue weighted by Gasteiger charge is -2.30. The molecule has 7 heteroatoms. The summed E-state index contributed by atoms with van der Waals surface area (Å²) in [5.74, 6) is 0. The van der Waals surface area contributed by atoms with Crippen LogP contribution in [0.4, 0.5) is 13.2 Å². The zero-order valence-corrected chi connectivity index (χ0v) is 14.9. The minimum absolute atomic E-state index is 0.644. The maximum absolute atomic E-state index is 12.6. The van der Waals surface area contributed by atoms with Crippen LogP contribution in [0.1, 0.15) is 16.7 Å². The van der Waals surface area contributed by atoms with Crippen LogP contribution in [0.5, 0.6) is 0 Å². The predicted molar refractivity (Wildman–Crippen MR) is 96.5 cm³/mol. The highest BCUT2D eigenvalue weighted by molar-refractivity contribution is 6.30. The van der Waals surface area contributed by atoms with Crippen molar-refractivity contribution in [1.29, 1.82) is 0 Å². The Morgan fingerprint density at radius 1 is 1.00 bits per heavy atom. The van der Waals surface area contributed by atoms with E-state index in [2.05, 4.69) is 5.10 Å². The molecule has 1 saturated heterocycles. The summed E-state index contributed by atoms with van der Waals surface area (Å²) in [6, 6.07) is 12.9. The molecule has 0 amide bonds. The van der Waals surface area contributed by atoms with Gasteiger partial charge in [0.2, 0.25) is 0 Å². The van der Waals surface area contributed by atoms with E-state index in [4.69, 9.17) is 11.6 Å². The summed E-state index contributed by atoms with van der Waals surface area (Å²) in [6.07, 6.45) is -2.69. The molecule has 26 heavy (non-hydrogen) atoms. The molecule has 0 aromatic heterocycles. The third kappa shape index (κ3) is 5.22. The van der Waals surface area contributed by atoms with Crippen molar-refractivity contribution in [2.24, 2.45) is 5.10 Å². The Morgan fingerprint density at radius 2 is 1.62 bits per heavy atom. The van der Waals surface area contributed by atoms with Gasteiger partial charge >= 0.3 is 6.18 Å². The highest BCUT2D eigenvalue weighted by Crippen LogP contribution is 2.28. The highest BCUT2D eigenvalue weighted by Gasteiger charge is 2.29. The summed E-state index contributed by atoms with van der Waals surface area (Å²) in [5, 5.41) is 7.10. The number of hydrazone groups is 1. The monoisotopic (exact) mass is 382 g/mol. The number of quaternary nitrogens is 1. The number of nitrogens with zero attached hydrogens (tertiary/aromatic N) is 2. The van der Waals surface area contributed by atoms with Gasteiger partial charge in [0.15, 0.2) is 0 Å². The Labute approximate surface area is 155 Å². The van der Waals surface area contributed by atoms with E-state index >= 15 is 0 Å². The minimum Gasteiger partial charge on any atom is -0.328 e. The molecule has 0 atom stereocenters. The lowest BCUT2D eigenvalue weighted by molar-refractivity contribution is -0.918. The van der Waals surface area contributed by atoms with E-state index in [1.54, 1.807) is 6.21 Å². The zero-order chi connectivity index (χ0) is 18.6. The fraction of sp³-hybridized carbons (Fsp3) is 0.316. The van der Waals surface area contributed by atoms with Crippen molar-refractivity contribution >= 4 is 17.8 Å². The lowest BCUT2D eigenvalue weighted by atomic mass is 10.1. The zero-order valence-electron chi connectivity index (χ0n) is 14.1. The van der Waals surface area contributed by atoms with Crippen LogP contribution in [0.2, 0.25) is 5.02 Å². The van der Waals surface area contributed by atoms with Crippen molar-refractivity contribution in [2.75, 3.05) is 26.2 Å². The van der Waals surface area contributed by atoms with Gasteiger partial charge in [0.1, 0.15) is 6.54 Å². The molecule has 0 bridgehead atoms. The average molecular weight is 383 g/mol. The van der Waals surface area contributed by atoms with E-state index in [-0.39, 0.29) is 0 Å². The molecule has 0 saturated carbocycles. The summed E-state index contributed by atoms with van der Waals surface area (Å²) in [4.78, 5) is 1.48. The van der Waals surface area contributed by atoms with Gasteiger partial charge in [0.05, 0.1) is 38.0 Å². The number of benzene rings is 2. The first kappa shape index (κ1) is 18.7. The van der Waals surface area contributed by atoms with Crippen molar-refractivity contribution < 1.29 is 18.1 Å². The molecule has 1 N–H and O–H groups in total. The van der Waals surface area contributed by atoms with Gasteiger partial charge in [0.25, 0.3) is 0 Å². The van der Waals surface area contributed by atoms with Crippen LogP contribution < -0.4 is 4.90 Å². The Bertz CT molecular complexity index is 734. The third-order valence-electron chi connectivity index (χ3n) is 4.42. The first-order valence-corrected chi connectivity index (χ1v) is 8.82. The van der Waals surface area contributed by atoms with Gasteiger partial charge in [-0.15, -0.1) is 0 Å². The normalized spacial score (nSPS) is 16.4. The van der Waals surface area contributed by atoms with Gasteiger partial charge in [-0.2, -0.15) is 18.3 Å². The number of nitrogens with one attached hydrogen (secondary N) is 1. The number of rotatable bonds is 4. The third-order valence-corrected chi connectivity index (χ3v) is 4.67. The number of alkyl halides is 3. The summed E-state index contributed by atoms with van der Waals surface area (Å²) in [6.45, 7) is 4.52. The van der Waals surface area contributed by atoms with E-state index < -0.39 is 11.7 Å². The molecule has 3 nitrogen and oxygen atoms in total. The summed E-state index contributed by atoms with van der Waals surface area (Å²) < 4.78 is 37.7. The smallest absolute Gasteiger partial charge is 0.328 e. The van der Waals surface area contributed by atoms with E-state index in [0.717, 1.165) is 49.9 Å². The van der Waals surface area contributed by atoms with Gasteiger partial charge in [-0.3, -0.25) is 5.01 Å². The predicted octanol–water partition coefficient (Wildman–Crippen LogP) is 3.09. The van der Waals surface area contributed by atoms with Crippen LogP contribution in [0, 0.1) is 0 Å². The fourth-order valence-electron chi connectivity index (χ4n) is 2.90. The standard InChI is InChI=1S/C19H19ClF3N3/c20-18-7-3-16(4-8-18)14-25-9-11-26(12-10-25)24-13-15-1-5-17(6-2-15)19(21,22)23/h1-8,13H,9-12,14H2/p+1/b24-13-. The van der Waals surface area contributed by atoms with E-state index in [0.29, 0.717) is 5.56 Å². The van der Waals surface area contributed by atoms with Crippen LogP contribution in [-0.2, 0) is 12.7 Å². The number of piperazine rings is 1. The van der Waals surface area contributed by atoms with Crippen molar-refractivity contribution in [1.82, 2.24) is 5.01 Å². The summed E-state index contributed by atoms with van der Waals surface area (Å²) >= 11 is 5.90. The van der Waals surface area contributed by atoms with Crippen molar-refractivity contribution in [2.45, 2.75) is 12.7 Å². The molecule has 3 rings (SSSR count). The van der Waals surface area contributed by atoms with Crippen molar-refractivity contribution in [3.8, 4) is 0 Å². The minimum atomic E-state index is -4.31. The molecule has 0 spiro atoms. The largest absolute Gasteiger partial charge is 0.416 e. The fourth-order valence-corrected chi connectivity index (χ4v) is 3.03. The Balaban J connectivity index is 1.49. The van der Waals surface area contributed by atoms with Crippen LogP contribution in [-0.4, -0.2) is 37.4 Å². The Morgan fingerprint density at radius 3 is 2.19 bits per heavy atom. The summed E-state index contributed by atoms with van der Waals surface area (Å²) in [5.41, 5.74) is 1.27. The average Bonchev–Trinajstić information content (AvgIpc) is 2.63. The highest BCUT2D eigenvalue weighted by atomic mass is 35.5. The molecule has 2 aromatic rings. The first-order valence-electron chi connectivity index (χ1n) is 8.44. The van der Waals surface area contributed by atoms with E-state index in [9.17, 15) is 13.2 Å². The van der Waals surface area contributed by atoms with Crippen LogP contribution >= 0.6 is 11.6 Å². The number of halogens is 4. The molecule has 2 aromatic carbocycles.